The fourth-order valence-corrected chi connectivity index (χ4v) is 4.30. The summed E-state index contributed by atoms with van der Waals surface area (Å²) in [6, 6.07) is 13.0. The van der Waals surface area contributed by atoms with Gasteiger partial charge >= 0.3 is 6.18 Å². The second kappa shape index (κ2) is 7.67. The van der Waals surface area contributed by atoms with E-state index in [1.165, 1.54) is 23.5 Å². The van der Waals surface area contributed by atoms with Gasteiger partial charge in [-0.15, -0.1) is 0 Å². The highest BCUT2D eigenvalue weighted by Gasteiger charge is 2.33. The lowest BCUT2D eigenvalue weighted by Gasteiger charge is -2.27. The Morgan fingerprint density at radius 1 is 1.03 bits per heavy atom. The van der Waals surface area contributed by atoms with Crippen molar-refractivity contribution >= 4 is 22.6 Å². The smallest absolute Gasteiger partial charge is 0.378 e. The molecule has 0 bridgehead atoms. The van der Waals surface area contributed by atoms with Crippen LogP contribution in [-0.2, 0) is 17.5 Å². The van der Waals surface area contributed by atoms with Crippen molar-refractivity contribution in [2.75, 3.05) is 31.2 Å². The van der Waals surface area contributed by atoms with Gasteiger partial charge in [-0.25, -0.2) is 4.40 Å². The third kappa shape index (κ3) is 3.42. The summed E-state index contributed by atoms with van der Waals surface area (Å²) >= 11 is 0. The van der Waals surface area contributed by atoms with Crippen LogP contribution in [-0.4, -0.2) is 40.3 Å². The van der Waals surface area contributed by atoms with Crippen LogP contribution in [0, 0.1) is 6.92 Å². The Bertz CT molecular complexity index is 1370. The molecular formula is C23H21F3N4O2. The Hall–Kier alpha value is -3.33. The van der Waals surface area contributed by atoms with Crippen molar-refractivity contribution < 1.29 is 17.9 Å². The van der Waals surface area contributed by atoms with Crippen LogP contribution in [0.2, 0.25) is 0 Å². The van der Waals surface area contributed by atoms with Crippen molar-refractivity contribution in [3.8, 4) is 0 Å². The summed E-state index contributed by atoms with van der Waals surface area (Å²) in [6.45, 7) is 3.97. The first-order valence-electron chi connectivity index (χ1n) is 10.3. The number of morpholine rings is 1. The Labute approximate surface area is 181 Å². The molecule has 0 unspecified atom stereocenters. The predicted molar refractivity (Wildman–Crippen MR) is 115 cm³/mol. The Morgan fingerprint density at radius 3 is 2.47 bits per heavy atom. The lowest BCUT2D eigenvalue weighted by molar-refractivity contribution is -0.138. The number of nitrogens with zero attached hydrogens (tertiary/aromatic N) is 4. The van der Waals surface area contributed by atoms with Crippen molar-refractivity contribution in [3.63, 3.8) is 0 Å². The highest BCUT2D eigenvalue weighted by molar-refractivity contribution is 5.81. The summed E-state index contributed by atoms with van der Waals surface area (Å²) < 4.78 is 49.1. The minimum atomic E-state index is -4.43. The SMILES string of the molecule is Cc1c(Cn2c3ccccc3n3c(=O)cc(N4CCOCC4)nc23)cccc1C(F)(F)F. The van der Waals surface area contributed by atoms with Crippen LogP contribution in [0.4, 0.5) is 19.0 Å². The van der Waals surface area contributed by atoms with E-state index in [-0.39, 0.29) is 17.7 Å². The molecule has 3 heterocycles. The van der Waals surface area contributed by atoms with E-state index in [1.54, 1.807) is 6.07 Å². The highest BCUT2D eigenvalue weighted by Crippen LogP contribution is 2.33. The normalized spacial score (nSPS) is 15.1. The molecule has 9 heteroatoms. The number of hydrogen-bond acceptors (Lipinski definition) is 4. The molecule has 1 saturated heterocycles. The summed E-state index contributed by atoms with van der Waals surface area (Å²) in [6.07, 6.45) is -4.43. The van der Waals surface area contributed by atoms with Crippen molar-refractivity contribution in [1.82, 2.24) is 14.0 Å². The van der Waals surface area contributed by atoms with Crippen LogP contribution < -0.4 is 10.5 Å². The van der Waals surface area contributed by atoms with Gasteiger partial charge in [0, 0.05) is 19.2 Å². The number of hydrogen-bond donors (Lipinski definition) is 0. The van der Waals surface area contributed by atoms with E-state index in [0.717, 1.165) is 11.6 Å². The zero-order chi connectivity index (χ0) is 22.5. The Balaban J connectivity index is 1.71. The standard InChI is InChI=1S/C23H21F3N4O2/c1-15-16(5-4-6-17(15)23(24,25)26)14-29-18-7-2-3-8-19(18)30-21(31)13-20(27-22(29)30)28-9-11-32-12-10-28/h2-8,13H,9-12,14H2,1H3. The van der Waals surface area contributed by atoms with Gasteiger partial charge in [-0.2, -0.15) is 18.2 Å². The molecule has 5 rings (SSSR count). The van der Waals surface area contributed by atoms with Crippen LogP contribution in [0.5, 0.6) is 0 Å². The molecule has 0 spiro atoms. The van der Waals surface area contributed by atoms with Crippen LogP contribution in [0.25, 0.3) is 16.8 Å². The van der Waals surface area contributed by atoms with E-state index < -0.39 is 11.7 Å². The summed E-state index contributed by atoms with van der Waals surface area (Å²) in [5.74, 6) is 0.945. The fraction of sp³-hybridized carbons (Fsp3) is 0.304. The Kier molecular flexibility index (Phi) is 4.93. The molecule has 0 atom stereocenters. The molecule has 0 saturated carbocycles. The van der Waals surface area contributed by atoms with Gasteiger partial charge in [0.15, 0.2) is 0 Å². The van der Waals surface area contributed by atoms with Crippen molar-refractivity contribution in [2.45, 2.75) is 19.6 Å². The van der Waals surface area contributed by atoms with Gasteiger partial charge in [-0.1, -0.05) is 24.3 Å². The predicted octanol–water partition coefficient (Wildman–Crippen LogP) is 3.86. The van der Waals surface area contributed by atoms with Crippen LogP contribution in [0.15, 0.2) is 53.3 Å². The van der Waals surface area contributed by atoms with Crippen molar-refractivity contribution in [2.24, 2.45) is 0 Å². The largest absolute Gasteiger partial charge is 0.416 e. The zero-order valence-corrected chi connectivity index (χ0v) is 17.4. The summed E-state index contributed by atoms with van der Waals surface area (Å²) in [5, 5.41) is 0. The molecule has 6 nitrogen and oxygen atoms in total. The number of ether oxygens (including phenoxy) is 1. The maximum absolute atomic E-state index is 13.4. The number of aromatic nitrogens is 3. The van der Waals surface area contributed by atoms with Gasteiger partial charge in [0.1, 0.15) is 5.82 Å². The van der Waals surface area contributed by atoms with Crippen LogP contribution in [0.1, 0.15) is 16.7 Å². The first-order valence-corrected chi connectivity index (χ1v) is 10.3. The van der Waals surface area contributed by atoms with E-state index in [0.29, 0.717) is 49.0 Å². The van der Waals surface area contributed by atoms with Gasteiger partial charge < -0.3 is 14.2 Å². The monoisotopic (exact) mass is 442 g/mol. The average Bonchev–Trinajstić information content (AvgIpc) is 3.09. The average molecular weight is 442 g/mol. The lowest BCUT2D eigenvalue weighted by atomic mass is 10.0. The molecule has 1 fully saturated rings. The third-order valence-electron chi connectivity index (χ3n) is 5.96. The highest BCUT2D eigenvalue weighted by atomic mass is 19.4. The second-order valence-corrected chi connectivity index (χ2v) is 7.85. The van der Waals surface area contributed by atoms with E-state index in [9.17, 15) is 18.0 Å². The quantitative estimate of drug-likeness (QED) is 0.484. The number of para-hydroxylation sites is 2. The third-order valence-corrected chi connectivity index (χ3v) is 5.96. The number of rotatable bonds is 3. The van der Waals surface area contributed by atoms with E-state index in [4.69, 9.17) is 9.72 Å². The molecule has 4 aromatic rings. The number of fused-ring (bicyclic) bond motifs is 3. The molecule has 0 radical (unpaired) electrons. The molecule has 0 amide bonds. The Morgan fingerprint density at radius 2 is 1.75 bits per heavy atom. The summed E-state index contributed by atoms with van der Waals surface area (Å²) in [5.41, 5.74) is 1.20. The molecule has 1 aliphatic rings. The van der Waals surface area contributed by atoms with Gasteiger partial charge in [-0.05, 0) is 36.2 Å². The minimum absolute atomic E-state index is 0.159. The number of benzene rings is 2. The minimum Gasteiger partial charge on any atom is -0.378 e. The van der Waals surface area contributed by atoms with Crippen molar-refractivity contribution in [1.29, 1.82) is 0 Å². The molecular weight excluding hydrogens is 421 g/mol. The first kappa shape index (κ1) is 20.6. The van der Waals surface area contributed by atoms with Gasteiger partial charge in [0.25, 0.3) is 5.56 Å². The van der Waals surface area contributed by atoms with E-state index in [2.05, 4.69) is 0 Å². The van der Waals surface area contributed by atoms with Gasteiger partial charge in [0.05, 0.1) is 36.4 Å². The summed E-state index contributed by atoms with van der Waals surface area (Å²) in [7, 11) is 0. The number of alkyl halides is 3. The number of imidazole rings is 1. The molecule has 1 aliphatic heterocycles. The molecule has 2 aromatic carbocycles. The van der Waals surface area contributed by atoms with Crippen molar-refractivity contribution in [3.05, 3.63) is 75.6 Å². The molecule has 0 aliphatic carbocycles. The first-order chi connectivity index (χ1) is 15.3. The van der Waals surface area contributed by atoms with Gasteiger partial charge in [-0.3, -0.25) is 4.79 Å². The lowest BCUT2D eigenvalue weighted by Crippen LogP contribution is -2.37. The summed E-state index contributed by atoms with van der Waals surface area (Å²) in [4.78, 5) is 19.8. The number of anilines is 1. The molecule has 32 heavy (non-hydrogen) atoms. The maximum Gasteiger partial charge on any atom is 0.416 e. The van der Waals surface area contributed by atoms with Crippen LogP contribution >= 0.6 is 0 Å². The maximum atomic E-state index is 13.4. The topological polar surface area (TPSA) is 51.8 Å². The van der Waals surface area contributed by atoms with Gasteiger partial charge in [0.2, 0.25) is 5.78 Å². The second-order valence-electron chi connectivity index (χ2n) is 7.85. The van der Waals surface area contributed by atoms with Crippen LogP contribution in [0.3, 0.4) is 0 Å². The fourth-order valence-electron chi connectivity index (χ4n) is 4.30. The molecule has 166 valence electrons. The van der Waals surface area contributed by atoms with E-state index in [1.807, 2.05) is 33.7 Å². The molecule has 0 N–H and O–H groups in total. The number of halogens is 3. The zero-order valence-electron chi connectivity index (χ0n) is 17.4. The molecule has 2 aromatic heterocycles. The van der Waals surface area contributed by atoms with E-state index >= 15 is 0 Å².